The maximum absolute atomic E-state index is 13.5. The van der Waals surface area contributed by atoms with Crippen molar-refractivity contribution >= 4 is 22.6 Å². The lowest BCUT2D eigenvalue weighted by Gasteiger charge is -2.45. The zero-order valence-electron chi connectivity index (χ0n) is 19.4. The Bertz CT molecular complexity index is 594. The van der Waals surface area contributed by atoms with Gasteiger partial charge in [-0.1, -0.05) is 19.9 Å². The van der Waals surface area contributed by atoms with Crippen LogP contribution in [-0.4, -0.2) is 64.9 Å². The molecule has 0 radical (unpaired) electrons. The molecule has 162 valence electrons. The van der Waals surface area contributed by atoms with Crippen molar-refractivity contribution in [2.24, 2.45) is 5.92 Å². The maximum atomic E-state index is 13.5. The first-order valence-electron chi connectivity index (χ1n) is 10.7. The Hall–Kier alpha value is -0.476. The first-order valence-corrected chi connectivity index (χ1v) is 17.6. The number of hydrogen-bond acceptors (Lipinski definition) is 5. The molecule has 1 saturated heterocycles. The molecule has 28 heavy (non-hydrogen) atoms. The van der Waals surface area contributed by atoms with Gasteiger partial charge in [-0.2, -0.15) is 0 Å². The number of carbonyl (C=O) groups excluding carboxylic acids is 1. The van der Waals surface area contributed by atoms with Crippen LogP contribution in [0.2, 0.25) is 39.3 Å². The van der Waals surface area contributed by atoms with E-state index in [1.165, 1.54) is 18.4 Å². The van der Waals surface area contributed by atoms with Gasteiger partial charge in [0.1, 0.15) is 6.61 Å². The van der Waals surface area contributed by atoms with E-state index in [1.807, 2.05) is 20.8 Å². The standard InChI is InChI=1S/C21H41NO4Si2/c1-16(2)21(26-28(7,8)9,17(3)25-27(4,5)6)20(23)24-15-18-12-14-22-13-10-11-19(18)22/h12,16-17,19H,10-11,13-15H2,1-9H3/t17-,19+,21+/m1/s1. The van der Waals surface area contributed by atoms with Gasteiger partial charge in [0.15, 0.2) is 22.2 Å². The van der Waals surface area contributed by atoms with E-state index in [-0.39, 0.29) is 18.0 Å². The summed E-state index contributed by atoms with van der Waals surface area (Å²) >= 11 is 0. The highest BCUT2D eigenvalue weighted by Crippen LogP contribution is 2.35. The van der Waals surface area contributed by atoms with E-state index in [2.05, 4.69) is 50.3 Å². The van der Waals surface area contributed by atoms with Crippen molar-refractivity contribution in [2.45, 2.75) is 90.6 Å². The molecular formula is C21H41NO4Si2. The van der Waals surface area contributed by atoms with Crippen LogP contribution in [0.4, 0.5) is 0 Å². The molecule has 0 bridgehead atoms. The quantitative estimate of drug-likeness (QED) is 0.310. The molecule has 5 nitrogen and oxygen atoms in total. The molecule has 0 spiro atoms. The molecule has 0 amide bonds. The average Bonchev–Trinajstić information content (AvgIpc) is 3.10. The number of esters is 1. The van der Waals surface area contributed by atoms with Crippen molar-refractivity contribution in [1.29, 1.82) is 0 Å². The SMILES string of the molecule is CC(C)[C@@](O[Si](C)(C)C)(C(=O)OCC1=CCN2CCC[C@@H]12)[C@@H](C)O[Si](C)(C)C. The summed E-state index contributed by atoms with van der Waals surface area (Å²) in [6, 6.07) is 0.454. The third-order valence-electron chi connectivity index (χ3n) is 5.54. The minimum Gasteiger partial charge on any atom is -0.459 e. The Morgan fingerprint density at radius 1 is 1.18 bits per heavy atom. The second kappa shape index (κ2) is 8.72. The summed E-state index contributed by atoms with van der Waals surface area (Å²) in [5, 5.41) is 0. The first-order chi connectivity index (χ1) is 12.8. The number of ether oxygens (including phenoxy) is 1. The van der Waals surface area contributed by atoms with E-state index in [0.717, 1.165) is 13.1 Å². The number of carbonyl (C=O) groups is 1. The Morgan fingerprint density at radius 2 is 1.82 bits per heavy atom. The number of hydrogen-bond donors (Lipinski definition) is 0. The lowest BCUT2D eigenvalue weighted by atomic mass is 9.85. The lowest BCUT2D eigenvalue weighted by Crippen LogP contribution is -2.62. The lowest BCUT2D eigenvalue weighted by molar-refractivity contribution is -0.178. The van der Waals surface area contributed by atoms with Crippen molar-refractivity contribution in [2.75, 3.05) is 19.7 Å². The van der Waals surface area contributed by atoms with Crippen LogP contribution in [0.1, 0.15) is 33.6 Å². The Kier molecular flexibility index (Phi) is 7.41. The van der Waals surface area contributed by atoms with Crippen molar-refractivity contribution < 1.29 is 18.4 Å². The highest BCUT2D eigenvalue weighted by atomic mass is 28.4. The fraction of sp³-hybridized carbons (Fsp3) is 0.857. The first kappa shape index (κ1) is 23.8. The van der Waals surface area contributed by atoms with Gasteiger partial charge in [0.2, 0.25) is 0 Å². The molecule has 0 N–H and O–H groups in total. The van der Waals surface area contributed by atoms with Crippen LogP contribution in [0.3, 0.4) is 0 Å². The second-order valence-corrected chi connectivity index (χ2v) is 19.4. The van der Waals surface area contributed by atoms with Gasteiger partial charge in [-0.05, 0) is 77.1 Å². The average molecular weight is 428 g/mol. The topological polar surface area (TPSA) is 48.0 Å². The molecule has 0 aliphatic carbocycles. The molecule has 0 saturated carbocycles. The van der Waals surface area contributed by atoms with Gasteiger partial charge in [-0.25, -0.2) is 4.79 Å². The van der Waals surface area contributed by atoms with Gasteiger partial charge >= 0.3 is 5.97 Å². The monoisotopic (exact) mass is 427 g/mol. The van der Waals surface area contributed by atoms with E-state index in [4.69, 9.17) is 13.6 Å². The van der Waals surface area contributed by atoms with E-state index < -0.39 is 22.2 Å². The fourth-order valence-electron chi connectivity index (χ4n) is 4.49. The molecule has 0 aromatic heterocycles. The van der Waals surface area contributed by atoms with Crippen LogP contribution in [0.25, 0.3) is 0 Å². The predicted molar refractivity (Wildman–Crippen MR) is 120 cm³/mol. The van der Waals surface area contributed by atoms with Gasteiger partial charge in [0.25, 0.3) is 0 Å². The Morgan fingerprint density at radius 3 is 2.36 bits per heavy atom. The smallest absolute Gasteiger partial charge is 0.340 e. The summed E-state index contributed by atoms with van der Waals surface area (Å²) in [5.41, 5.74) is 0.175. The van der Waals surface area contributed by atoms with Gasteiger partial charge in [-0.3, -0.25) is 4.90 Å². The zero-order chi connectivity index (χ0) is 21.3. The Balaban J connectivity index is 2.22. The maximum Gasteiger partial charge on any atom is 0.340 e. The largest absolute Gasteiger partial charge is 0.459 e. The third-order valence-corrected chi connectivity index (χ3v) is 7.55. The predicted octanol–water partition coefficient (Wildman–Crippen LogP) is 4.42. The highest BCUT2D eigenvalue weighted by molar-refractivity contribution is 6.70. The van der Waals surface area contributed by atoms with Gasteiger partial charge in [0.05, 0.1) is 6.10 Å². The van der Waals surface area contributed by atoms with Gasteiger partial charge in [-0.15, -0.1) is 0 Å². The van der Waals surface area contributed by atoms with E-state index in [9.17, 15) is 4.79 Å². The van der Waals surface area contributed by atoms with E-state index >= 15 is 0 Å². The Labute approximate surface area is 174 Å². The molecule has 0 unspecified atom stereocenters. The molecule has 7 heteroatoms. The molecule has 3 atom stereocenters. The molecule has 1 fully saturated rings. The number of nitrogens with zero attached hydrogens (tertiary/aromatic N) is 1. The van der Waals surface area contributed by atoms with Crippen molar-refractivity contribution in [3.63, 3.8) is 0 Å². The van der Waals surface area contributed by atoms with E-state index in [0.29, 0.717) is 12.6 Å². The summed E-state index contributed by atoms with van der Waals surface area (Å²) in [4.78, 5) is 16.0. The normalized spacial score (nSPS) is 24.1. The summed E-state index contributed by atoms with van der Waals surface area (Å²) in [6.45, 7) is 21.3. The summed E-state index contributed by atoms with van der Waals surface area (Å²) < 4.78 is 18.9. The highest BCUT2D eigenvalue weighted by Gasteiger charge is 2.53. The van der Waals surface area contributed by atoms with Gasteiger partial charge in [0, 0.05) is 12.6 Å². The fourth-order valence-corrected chi connectivity index (χ4v) is 7.22. The van der Waals surface area contributed by atoms with Crippen LogP contribution in [0.15, 0.2) is 11.6 Å². The molecule has 2 aliphatic rings. The molecule has 2 rings (SSSR count). The van der Waals surface area contributed by atoms with Crippen molar-refractivity contribution in [1.82, 2.24) is 4.90 Å². The van der Waals surface area contributed by atoms with Crippen LogP contribution in [0.5, 0.6) is 0 Å². The second-order valence-electron chi connectivity index (χ2n) is 10.5. The molecule has 0 aromatic rings. The summed E-state index contributed by atoms with van der Waals surface area (Å²) in [5.74, 6) is -0.313. The zero-order valence-corrected chi connectivity index (χ0v) is 21.4. The molecule has 0 aromatic carbocycles. The van der Waals surface area contributed by atoms with Gasteiger partial charge < -0.3 is 13.6 Å². The van der Waals surface area contributed by atoms with Crippen molar-refractivity contribution in [3.8, 4) is 0 Å². The molecular weight excluding hydrogens is 386 g/mol. The van der Waals surface area contributed by atoms with E-state index in [1.54, 1.807) is 0 Å². The van der Waals surface area contributed by atoms with Crippen LogP contribution < -0.4 is 0 Å². The van der Waals surface area contributed by atoms with Crippen molar-refractivity contribution in [3.05, 3.63) is 11.6 Å². The summed E-state index contributed by atoms with van der Waals surface area (Å²) in [7, 11) is -3.88. The van der Waals surface area contributed by atoms with Crippen LogP contribution >= 0.6 is 0 Å². The summed E-state index contributed by atoms with van der Waals surface area (Å²) in [6.07, 6.45) is 4.28. The third kappa shape index (κ3) is 5.56. The molecule has 2 heterocycles. The van der Waals surface area contributed by atoms with Crippen LogP contribution in [0, 0.1) is 5.92 Å². The van der Waals surface area contributed by atoms with Crippen LogP contribution in [-0.2, 0) is 18.4 Å². The number of rotatable bonds is 9. The number of fused-ring (bicyclic) bond motifs is 1. The minimum atomic E-state index is -2.03. The minimum absolute atomic E-state index is 0.0430. The molecule has 2 aliphatic heterocycles.